The summed E-state index contributed by atoms with van der Waals surface area (Å²) in [5.74, 6) is -1.26. The number of rotatable bonds is 9. The Hall–Kier alpha value is -2.32. The minimum absolute atomic E-state index is 0.158. The maximum absolute atomic E-state index is 12.4. The lowest BCUT2D eigenvalue weighted by Crippen LogP contribution is -2.47. The van der Waals surface area contributed by atoms with E-state index in [9.17, 15) is 14.4 Å². The summed E-state index contributed by atoms with van der Waals surface area (Å²) in [6.07, 6.45) is 5.55. The van der Waals surface area contributed by atoms with Crippen LogP contribution in [0.1, 0.15) is 20.3 Å². The summed E-state index contributed by atoms with van der Waals surface area (Å²) in [7, 11) is 1.50. The molecule has 0 bridgehead atoms. The van der Waals surface area contributed by atoms with Gasteiger partial charge >= 0.3 is 6.03 Å². The highest BCUT2D eigenvalue weighted by Crippen LogP contribution is 2.22. The van der Waals surface area contributed by atoms with Crippen molar-refractivity contribution in [3.8, 4) is 0 Å². The summed E-state index contributed by atoms with van der Waals surface area (Å²) >= 11 is 0. The molecule has 1 aliphatic heterocycles. The van der Waals surface area contributed by atoms with Gasteiger partial charge in [0.2, 0.25) is 5.91 Å². The first-order chi connectivity index (χ1) is 12.4. The van der Waals surface area contributed by atoms with Gasteiger partial charge in [-0.1, -0.05) is 12.2 Å². The molecule has 4 amide bonds. The van der Waals surface area contributed by atoms with Crippen LogP contribution in [0.25, 0.3) is 0 Å². The van der Waals surface area contributed by atoms with Crippen LogP contribution in [0, 0.1) is 5.92 Å². The van der Waals surface area contributed by atoms with Gasteiger partial charge in [0.15, 0.2) is 0 Å². The lowest BCUT2D eigenvalue weighted by atomic mass is 9.91. The number of carbonyl (C=O) groups is 3. The zero-order valence-corrected chi connectivity index (χ0v) is 15.4. The second-order valence-electron chi connectivity index (χ2n) is 6.27. The third-order valence-corrected chi connectivity index (χ3v) is 3.92. The molecular weight excluding hydrogens is 338 g/mol. The topological polar surface area (TPSA) is 97.3 Å². The number of urea groups is 1. The van der Waals surface area contributed by atoms with E-state index in [4.69, 9.17) is 9.47 Å². The van der Waals surface area contributed by atoms with Gasteiger partial charge in [0, 0.05) is 25.8 Å². The molecule has 26 heavy (non-hydrogen) atoms. The molecule has 1 atom stereocenters. The summed E-state index contributed by atoms with van der Waals surface area (Å²) in [6, 6.07) is -0.629. The van der Waals surface area contributed by atoms with Crippen LogP contribution in [0.15, 0.2) is 28.8 Å². The predicted octanol–water partition coefficient (Wildman–Crippen LogP) is 1.08. The number of methoxy groups -OCH3 is 1. The summed E-state index contributed by atoms with van der Waals surface area (Å²) in [5, 5.41) is 2.79. The first-order valence-electron chi connectivity index (χ1n) is 8.66. The Labute approximate surface area is 152 Å². The van der Waals surface area contributed by atoms with Crippen molar-refractivity contribution < 1.29 is 23.9 Å². The van der Waals surface area contributed by atoms with Gasteiger partial charge in [-0.15, -0.1) is 0 Å². The number of carbonyl (C=O) groups excluding carboxylic acids is 3. The summed E-state index contributed by atoms with van der Waals surface area (Å²) in [5.41, 5.74) is 0.667. The van der Waals surface area contributed by atoms with Crippen LogP contribution in [0.2, 0.25) is 0 Å². The van der Waals surface area contributed by atoms with Gasteiger partial charge in [-0.05, 0) is 26.3 Å². The fraction of sp³-hybridized carbons (Fsp3) is 0.556. The van der Waals surface area contributed by atoms with Crippen LogP contribution in [-0.2, 0) is 19.1 Å². The first kappa shape index (κ1) is 20.0. The van der Waals surface area contributed by atoms with Crippen LogP contribution in [0.4, 0.5) is 4.79 Å². The predicted molar refractivity (Wildman–Crippen MR) is 95.8 cm³/mol. The lowest BCUT2D eigenvalue weighted by molar-refractivity contribution is -0.130. The van der Waals surface area contributed by atoms with Crippen molar-refractivity contribution in [3.05, 3.63) is 23.8 Å². The van der Waals surface area contributed by atoms with Gasteiger partial charge in [0.25, 0.3) is 5.91 Å². The number of nitrogens with zero attached hydrogens (tertiary/aromatic N) is 2. The zero-order valence-electron chi connectivity index (χ0n) is 15.4. The van der Waals surface area contributed by atoms with E-state index in [1.54, 1.807) is 12.2 Å². The van der Waals surface area contributed by atoms with Crippen molar-refractivity contribution in [2.24, 2.45) is 10.9 Å². The molecule has 0 saturated heterocycles. The highest BCUT2D eigenvalue weighted by atomic mass is 16.5. The standard InChI is InChI=1S/C18H25N3O5/c1-12(2)26-9-4-7-19-16(22)13-5-6-14-15(11-13)20-18(24)21(17(14)23)8-10-25-3/h5-6,11-12,14H,4,7-10H2,1-3H3,(H,19,22). The second kappa shape index (κ2) is 9.40. The fourth-order valence-corrected chi connectivity index (χ4v) is 2.56. The number of allylic oxidation sites excluding steroid dienone is 1. The number of imide groups is 1. The van der Waals surface area contributed by atoms with Gasteiger partial charge < -0.3 is 14.8 Å². The Kier molecular flexibility index (Phi) is 7.23. The van der Waals surface area contributed by atoms with E-state index < -0.39 is 11.9 Å². The number of hydrogen-bond acceptors (Lipinski definition) is 5. The molecule has 0 spiro atoms. The van der Waals surface area contributed by atoms with E-state index in [-0.39, 0.29) is 31.1 Å². The molecule has 1 aliphatic carbocycles. The van der Waals surface area contributed by atoms with Gasteiger partial charge in [-0.3, -0.25) is 14.5 Å². The molecule has 142 valence electrons. The lowest BCUT2D eigenvalue weighted by Gasteiger charge is -2.28. The van der Waals surface area contributed by atoms with E-state index in [2.05, 4.69) is 10.3 Å². The van der Waals surface area contributed by atoms with E-state index in [1.165, 1.54) is 13.2 Å². The molecule has 1 N–H and O–H groups in total. The molecule has 0 aromatic carbocycles. The highest BCUT2D eigenvalue weighted by molar-refractivity contribution is 6.23. The van der Waals surface area contributed by atoms with Crippen molar-refractivity contribution in [3.63, 3.8) is 0 Å². The monoisotopic (exact) mass is 363 g/mol. The third-order valence-electron chi connectivity index (χ3n) is 3.92. The Balaban J connectivity index is 1.95. The molecule has 0 fully saturated rings. The fourth-order valence-electron chi connectivity index (χ4n) is 2.56. The first-order valence-corrected chi connectivity index (χ1v) is 8.66. The van der Waals surface area contributed by atoms with Crippen LogP contribution in [-0.4, -0.2) is 68.0 Å². The quantitative estimate of drug-likeness (QED) is 0.618. The molecule has 2 aliphatic rings. The zero-order chi connectivity index (χ0) is 19.1. The Morgan fingerprint density at radius 1 is 1.35 bits per heavy atom. The minimum atomic E-state index is -0.638. The van der Waals surface area contributed by atoms with Crippen molar-refractivity contribution in [2.75, 3.05) is 33.4 Å². The molecule has 0 radical (unpaired) electrons. The van der Waals surface area contributed by atoms with Crippen LogP contribution < -0.4 is 5.32 Å². The molecular formula is C18H25N3O5. The van der Waals surface area contributed by atoms with Crippen LogP contribution in [0.5, 0.6) is 0 Å². The average Bonchev–Trinajstić information content (AvgIpc) is 2.60. The minimum Gasteiger partial charge on any atom is -0.383 e. The Morgan fingerprint density at radius 3 is 2.81 bits per heavy atom. The maximum Gasteiger partial charge on any atom is 0.350 e. The second-order valence-corrected chi connectivity index (χ2v) is 6.27. The Morgan fingerprint density at radius 2 is 2.12 bits per heavy atom. The van der Waals surface area contributed by atoms with Gasteiger partial charge in [0.05, 0.1) is 30.9 Å². The van der Waals surface area contributed by atoms with Crippen molar-refractivity contribution in [1.82, 2.24) is 10.2 Å². The maximum atomic E-state index is 12.4. The molecule has 1 heterocycles. The van der Waals surface area contributed by atoms with E-state index in [1.807, 2.05) is 13.8 Å². The van der Waals surface area contributed by atoms with E-state index >= 15 is 0 Å². The summed E-state index contributed by atoms with van der Waals surface area (Å²) in [4.78, 5) is 41.7. The molecule has 1 unspecified atom stereocenters. The molecule has 0 aromatic heterocycles. The van der Waals surface area contributed by atoms with Crippen LogP contribution >= 0.6 is 0 Å². The average molecular weight is 363 g/mol. The molecule has 8 nitrogen and oxygen atoms in total. The van der Waals surface area contributed by atoms with Gasteiger partial charge in [-0.2, -0.15) is 4.99 Å². The number of nitrogens with one attached hydrogen (secondary N) is 1. The number of ether oxygens (including phenoxy) is 2. The highest BCUT2D eigenvalue weighted by Gasteiger charge is 2.36. The SMILES string of the molecule is COCCN1C(=O)N=C2C=C(C(=O)NCCCOC(C)C)C=CC2C1=O. The molecule has 0 aromatic rings. The van der Waals surface area contributed by atoms with Crippen molar-refractivity contribution in [2.45, 2.75) is 26.4 Å². The number of aliphatic imine (C=N–C) groups is 1. The smallest absolute Gasteiger partial charge is 0.350 e. The van der Waals surface area contributed by atoms with Gasteiger partial charge in [-0.25, -0.2) is 4.79 Å². The van der Waals surface area contributed by atoms with Crippen LogP contribution in [0.3, 0.4) is 0 Å². The summed E-state index contributed by atoms with van der Waals surface area (Å²) in [6.45, 7) is 5.37. The number of hydrogen-bond donors (Lipinski definition) is 1. The molecule has 2 rings (SSSR count). The van der Waals surface area contributed by atoms with E-state index in [0.29, 0.717) is 30.9 Å². The van der Waals surface area contributed by atoms with Crippen molar-refractivity contribution >= 4 is 23.6 Å². The van der Waals surface area contributed by atoms with Gasteiger partial charge in [0.1, 0.15) is 0 Å². The van der Waals surface area contributed by atoms with Crippen molar-refractivity contribution in [1.29, 1.82) is 0 Å². The Bertz CT molecular complexity index is 651. The van der Waals surface area contributed by atoms with E-state index in [0.717, 1.165) is 4.90 Å². The largest absolute Gasteiger partial charge is 0.383 e. The number of fused-ring (bicyclic) bond motifs is 1. The molecule has 8 heteroatoms. The number of amides is 4. The molecule has 0 saturated carbocycles. The summed E-state index contributed by atoms with van der Waals surface area (Å²) < 4.78 is 10.3. The normalized spacial score (nSPS) is 19.4. The third kappa shape index (κ3) is 5.09.